The Labute approximate surface area is 172 Å². The van der Waals surface area contributed by atoms with Gasteiger partial charge in [0.1, 0.15) is 18.0 Å². The van der Waals surface area contributed by atoms with Gasteiger partial charge in [-0.25, -0.2) is 0 Å². The van der Waals surface area contributed by atoms with Crippen molar-refractivity contribution in [1.82, 2.24) is 10.3 Å². The molecule has 1 aliphatic rings. The fourth-order valence-corrected chi connectivity index (χ4v) is 3.61. The maximum Gasteiger partial charge on any atom is 0.271 e. The Morgan fingerprint density at radius 3 is 2.57 bits per heavy atom. The molecule has 150 valence electrons. The minimum absolute atomic E-state index is 0.0643. The van der Waals surface area contributed by atoms with Gasteiger partial charge in [0.2, 0.25) is 6.41 Å². The van der Waals surface area contributed by atoms with Crippen molar-refractivity contribution in [3.63, 3.8) is 0 Å². The van der Waals surface area contributed by atoms with Crippen molar-refractivity contribution in [2.24, 2.45) is 0 Å². The molecule has 0 saturated heterocycles. The SMILES string of the molecule is O=CCN1C(=O)[C@@H](NC(=O)c2nccc3ccccc23)CN(C=O)c2ccccc21. The van der Waals surface area contributed by atoms with E-state index in [2.05, 4.69) is 10.3 Å². The topological polar surface area (TPSA) is 99.7 Å². The number of nitrogens with zero attached hydrogens (tertiary/aromatic N) is 3. The number of aromatic nitrogens is 1. The van der Waals surface area contributed by atoms with E-state index in [9.17, 15) is 19.2 Å². The van der Waals surface area contributed by atoms with E-state index >= 15 is 0 Å². The second kappa shape index (κ2) is 8.12. The van der Waals surface area contributed by atoms with Crippen molar-refractivity contribution in [2.45, 2.75) is 6.04 Å². The van der Waals surface area contributed by atoms with Gasteiger partial charge < -0.3 is 19.9 Å². The summed E-state index contributed by atoms with van der Waals surface area (Å²) in [6, 6.07) is 14.8. The van der Waals surface area contributed by atoms with Crippen molar-refractivity contribution >= 4 is 46.7 Å². The Kier molecular flexibility index (Phi) is 5.21. The zero-order chi connectivity index (χ0) is 21.1. The number of nitrogens with one attached hydrogen (secondary N) is 1. The molecule has 3 aromatic rings. The first-order chi connectivity index (χ1) is 14.6. The lowest BCUT2D eigenvalue weighted by Crippen LogP contribution is -2.52. The average molecular weight is 402 g/mol. The van der Waals surface area contributed by atoms with Crippen molar-refractivity contribution in [2.75, 3.05) is 22.9 Å². The highest BCUT2D eigenvalue weighted by molar-refractivity contribution is 6.10. The average Bonchev–Trinajstić information content (AvgIpc) is 2.89. The minimum Gasteiger partial charge on any atom is -0.337 e. The second-order valence-electron chi connectivity index (χ2n) is 6.77. The summed E-state index contributed by atoms with van der Waals surface area (Å²) in [5, 5.41) is 4.19. The lowest BCUT2D eigenvalue weighted by Gasteiger charge is -2.23. The van der Waals surface area contributed by atoms with E-state index in [0.717, 1.165) is 5.39 Å². The summed E-state index contributed by atoms with van der Waals surface area (Å²) in [5.41, 5.74) is 1.10. The first-order valence-electron chi connectivity index (χ1n) is 9.34. The van der Waals surface area contributed by atoms with Crippen molar-refractivity contribution in [1.29, 1.82) is 0 Å². The molecule has 1 aliphatic heterocycles. The van der Waals surface area contributed by atoms with Gasteiger partial charge in [-0.15, -0.1) is 0 Å². The number of para-hydroxylation sites is 2. The molecule has 8 heteroatoms. The lowest BCUT2D eigenvalue weighted by atomic mass is 10.1. The second-order valence-corrected chi connectivity index (χ2v) is 6.77. The number of pyridine rings is 1. The summed E-state index contributed by atoms with van der Waals surface area (Å²) >= 11 is 0. The highest BCUT2D eigenvalue weighted by Gasteiger charge is 2.34. The van der Waals surface area contributed by atoms with Gasteiger partial charge in [0.25, 0.3) is 11.8 Å². The molecular weight excluding hydrogens is 384 g/mol. The molecule has 0 fully saturated rings. The standard InChI is InChI=1S/C22H18N4O4/c27-12-11-26-19-8-4-3-7-18(19)25(14-28)13-17(22(26)30)24-21(29)20-16-6-2-1-5-15(16)9-10-23-20/h1-10,12,14,17H,11,13H2,(H,24,29)/t17-/m0/s1. The highest BCUT2D eigenvalue weighted by Crippen LogP contribution is 2.31. The number of carbonyl (C=O) groups is 4. The first-order valence-corrected chi connectivity index (χ1v) is 9.34. The number of hydrogen-bond donors (Lipinski definition) is 1. The van der Waals surface area contributed by atoms with Crippen LogP contribution in [0, 0.1) is 0 Å². The summed E-state index contributed by atoms with van der Waals surface area (Å²) in [6.45, 7) is -0.257. The zero-order valence-electron chi connectivity index (χ0n) is 15.9. The molecule has 0 spiro atoms. The molecule has 1 atom stereocenters. The van der Waals surface area contributed by atoms with Crippen molar-refractivity contribution < 1.29 is 19.2 Å². The number of fused-ring (bicyclic) bond motifs is 2. The van der Waals surface area contributed by atoms with Crippen LogP contribution in [0.15, 0.2) is 60.8 Å². The third-order valence-corrected chi connectivity index (χ3v) is 5.00. The maximum absolute atomic E-state index is 13.2. The van der Waals surface area contributed by atoms with Gasteiger partial charge in [0, 0.05) is 11.6 Å². The zero-order valence-corrected chi connectivity index (χ0v) is 15.9. The monoisotopic (exact) mass is 402 g/mol. The molecule has 4 rings (SSSR count). The quantitative estimate of drug-likeness (QED) is 0.653. The van der Waals surface area contributed by atoms with E-state index in [4.69, 9.17) is 0 Å². The Bertz CT molecular complexity index is 1140. The van der Waals surface area contributed by atoms with Crippen LogP contribution in [0.3, 0.4) is 0 Å². The summed E-state index contributed by atoms with van der Waals surface area (Å²) in [6.07, 6.45) is 2.74. The van der Waals surface area contributed by atoms with Crippen LogP contribution in [-0.4, -0.2) is 48.6 Å². The molecule has 0 saturated carbocycles. The van der Waals surface area contributed by atoms with E-state index in [1.165, 1.54) is 16.0 Å². The van der Waals surface area contributed by atoms with E-state index in [-0.39, 0.29) is 18.8 Å². The summed E-state index contributed by atoms with van der Waals surface area (Å²) in [5.74, 6) is -1.01. The number of hydrogen-bond acceptors (Lipinski definition) is 5. The van der Waals surface area contributed by atoms with Gasteiger partial charge in [0.15, 0.2) is 0 Å². The summed E-state index contributed by atoms with van der Waals surface area (Å²) < 4.78 is 0. The number of rotatable bonds is 5. The molecule has 3 amide bonds. The van der Waals surface area contributed by atoms with Crippen LogP contribution >= 0.6 is 0 Å². The fourth-order valence-electron chi connectivity index (χ4n) is 3.61. The van der Waals surface area contributed by atoms with Crippen LogP contribution < -0.4 is 15.1 Å². The molecule has 1 N–H and O–H groups in total. The van der Waals surface area contributed by atoms with Crippen LogP contribution in [0.2, 0.25) is 0 Å². The van der Waals surface area contributed by atoms with Gasteiger partial charge >= 0.3 is 0 Å². The minimum atomic E-state index is -1.05. The summed E-state index contributed by atoms with van der Waals surface area (Å²) in [4.78, 5) is 55.9. The summed E-state index contributed by atoms with van der Waals surface area (Å²) in [7, 11) is 0. The fraction of sp³-hybridized carbons (Fsp3) is 0.136. The molecular formula is C22H18N4O4. The molecule has 0 unspecified atom stereocenters. The predicted molar refractivity (Wildman–Crippen MR) is 111 cm³/mol. The van der Waals surface area contributed by atoms with Gasteiger partial charge in [-0.2, -0.15) is 0 Å². The maximum atomic E-state index is 13.2. The van der Waals surface area contributed by atoms with Gasteiger partial charge in [-0.05, 0) is 23.6 Å². The first kappa shape index (κ1) is 19.3. The Morgan fingerprint density at radius 1 is 1.07 bits per heavy atom. The van der Waals surface area contributed by atoms with Crippen LogP contribution in [0.1, 0.15) is 10.5 Å². The normalized spacial score (nSPS) is 16.0. The molecule has 1 aromatic heterocycles. The molecule has 0 radical (unpaired) electrons. The van der Waals surface area contributed by atoms with Crippen LogP contribution in [0.4, 0.5) is 11.4 Å². The Hall–Kier alpha value is -4.07. The smallest absolute Gasteiger partial charge is 0.271 e. The van der Waals surface area contributed by atoms with Crippen LogP contribution in [-0.2, 0) is 14.4 Å². The van der Waals surface area contributed by atoms with E-state index < -0.39 is 17.9 Å². The van der Waals surface area contributed by atoms with E-state index in [1.54, 1.807) is 42.5 Å². The van der Waals surface area contributed by atoms with E-state index in [0.29, 0.717) is 29.5 Å². The largest absolute Gasteiger partial charge is 0.337 e. The number of aldehydes is 1. The van der Waals surface area contributed by atoms with E-state index in [1.807, 2.05) is 12.1 Å². The highest BCUT2D eigenvalue weighted by atomic mass is 16.2. The van der Waals surface area contributed by atoms with Crippen molar-refractivity contribution in [3.05, 3.63) is 66.5 Å². The molecule has 2 heterocycles. The number of amides is 3. The molecule has 0 bridgehead atoms. The molecule has 8 nitrogen and oxygen atoms in total. The Balaban J connectivity index is 1.70. The lowest BCUT2D eigenvalue weighted by molar-refractivity contribution is -0.121. The molecule has 2 aromatic carbocycles. The molecule has 30 heavy (non-hydrogen) atoms. The predicted octanol–water partition coefficient (Wildman–Crippen LogP) is 1.54. The number of carbonyl (C=O) groups excluding carboxylic acids is 4. The molecule has 0 aliphatic carbocycles. The third kappa shape index (κ3) is 3.39. The number of benzene rings is 2. The van der Waals surface area contributed by atoms with Gasteiger partial charge in [-0.1, -0.05) is 36.4 Å². The van der Waals surface area contributed by atoms with Crippen LogP contribution in [0.5, 0.6) is 0 Å². The van der Waals surface area contributed by atoms with Crippen LogP contribution in [0.25, 0.3) is 10.8 Å². The Morgan fingerprint density at radius 2 is 1.80 bits per heavy atom. The van der Waals surface area contributed by atoms with Gasteiger partial charge in [0.05, 0.1) is 24.5 Å². The van der Waals surface area contributed by atoms with Crippen molar-refractivity contribution in [3.8, 4) is 0 Å². The van der Waals surface area contributed by atoms with Gasteiger partial charge in [-0.3, -0.25) is 19.4 Å². The number of anilines is 2. The third-order valence-electron chi connectivity index (χ3n) is 5.00.